The van der Waals surface area contributed by atoms with Gasteiger partial charge in [-0.05, 0) is 25.1 Å². The second kappa shape index (κ2) is 6.52. The van der Waals surface area contributed by atoms with Gasteiger partial charge in [-0.15, -0.1) is 0 Å². The Morgan fingerprint density at radius 3 is 2.63 bits per heavy atom. The van der Waals surface area contributed by atoms with Crippen molar-refractivity contribution >= 4 is 11.6 Å². The molecule has 4 nitrogen and oxygen atoms in total. The van der Waals surface area contributed by atoms with Crippen molar-refractivity contribution in [1.29, 1.82) is 0 Å². The average molecular weight is 268 g/mol. The van der Waals surface area contributed by atoms with E-state index in [0.29, 0.717) is 12.1 Å². The van der Waals surface area contributed by atoms with Crippen molar-refractivity contribution in [3.63, 3.8) is 0 Å². The maximum atomic E-state index is 13.2. The van der Waals surface area contributed by atoms with Crippen molar-refractivity contribution in [2.45, 2.75) is 20.0 Å². The van der Waals surface area contributed by atoms with E-state index < -0.39 is 6.10 Å². The summed E-state index contributed by atoms with van der Waals surface area (Å²) >= 11 is 0. The molecule has 0 heterocycles. The van der Waals surface area contributed by atoms with Gasteiger partial charge in [-0.25, -0.2) is 4.39 Å². The molecule has 0 aliphatic rings. The van der Waals surface area contributed by atoms with Gasteiger partial charge in [0.05, 0.1) is 12.0 Å². The van der Waals surface area contributed by atoms with Gasteiger partial charge in [0.25, 0.3) is 0 Å². The molecule has 0 saturated heterocycles. The van der Waals surface area contributed by atoms with E-state index in [-0.39, 0.29) is 17.6 Å². The second-order valence-electron chi connectivity index (χ2n) is 4.77. The standard InChI is InChI=1S/C14H21FN2O2/c1-9(14(19)16-3)8-17(4)13-6-5-11(15)7-12(13)10(2)18/h5-7,9-10,18H,8H2,1-4H3,(H,16,19). The number of amides is 1. The van der Waals surface area contributed by atoms with Crippen molar-refractivity contribution < 1.29 is 14.3 Å². The minimum Gasteiger partial charge on any atom is -0.389 e. The minimum absolute atomic E-state index is 0.0486. The number of hydrogen-bond acceptors (Lipinski definition) is 3. The number of anilines is 1. The zero-order valence-electron chi connectivity index (χ0n) is 11.8. The van der Waals surface area contributed by atoms with Crippen LogP contribution in [0.4, 0.5) is 10.1 Å². The molecule has 0 radical (unpaired) electrons. The van der Waals surface area contributed by atoms with Crippen LogP contribution in [-0.2, 0) is 4.79 Å². The van der Waals surface area contributed by atoms with Gasteiger partial charge in [-0.2, -0.15) is 0 Å². The average Bonchev–Trinajstić information content (AvgIpc) is 2.37. The molecule has 5 heteroatoms. The Balaban J connectivity index is 2.93. The number of aliphatic hydroxyl groups excluding tert-OH is 1. The van der Waals surface area contributed by atoms with E-state index in [1.165, 1.54) is 12.1 Å². The molecule has 0 spiro atoms. The van der Waals surface area contributed by atoms with Crippen LogP contribution >= 0.6 is 0 Å². The molecule has 0 aliphatic carbocycles. The van der Waals surface area contributed by atoms with Gasteiger partial charge in [0.15, 0.2) is 0 Å². The largest absolute Gasteiger partial charge is 0.389 e. The van der Waals surface area contributed by atoms with E-state index in [4.69, 9.17) is 0 Å². The molecule has 0 fully saturated rings. The highest BCUT2D eigenvalue weighted by molar-refractivity contribution is 5.78. The molecular formula is C14H21FN2O2. The lowest BCUT2D eigenvalue weighted by atomic mass is 10.1. The molecule has 19 heavy (non-hydrogen) atoms. The molecule has 1 amide bonds. The van der Waals surface area contributed by atoms with E-state index in [0.717, 1.165) is 5.69 Å². The number of carbonyl (C=O) groups excluding carboxylic acids is 1. The minimum atomic E-state index is -0.761. The summed E-state index contributed by atoms with van der Waals surface area (Å²) in [6.07, 6.45) is -0.761. The van der Waals surface area contributed by atoms with Gasteiger partial charge in [0, 0.05) is 31.9 Å². The normalized spacial score (nSPS) is 13.8. The first-order chi connectivity index (χ1) is 8.86. The number of nitrogens with zero attached hydrogens (tertiary/aromatic N) is 1. The van der Waals surface area contributed by atoms with E-state index in [1.807, 2.05) is 18.9 Å². The first-order valence-corrected chi connectivity index (χ1v) is 6.27. The summed E-state index contributed by atoms with van der Waals surface area (Å²) in [6, 6.07) is 4.29. The number of aliphatic hydroxyl groups is 1. The molecule has 1 aromatic carbocycles. The third-order valence-electron chi connectivity index (χ3n) is 3.09. The van der Waals surface area contributed by atoms with E-state index in [2.05, 4.69) is 5.32 Å². The van der Waals surface area contributed by atoms with Crippen molar-refractivity contribution in [2.75, 3.05) is 25.5 Å². The summed E-state index contributed by atoms with van der Waals surface area (Å²) in [7, 11) is 3.41. The highest BCUT2D eigenvalue weighted by Gasteiger charge is 2.17. The Morgan fingerprint density at radius 2 is 2.11 bits per heavy atom. The number of rotatable bonds is 5. The fraction of sp³-hybridized carbons (Fsp3) is 0.500. The summed E-state index contributed by atoms with van der Waals surface area (Å²) in [4.78, 5) is 13.4. The van der Waals surface area contributed by atoms with Crippen LogP contribution in [0, 0.1) is 11.7 Å². The zero-order valence-corrected chi connectivity index (χ0v) is 11.8. The Bertz CT molecular complexity index is 449. The molecule has 0 aliphatic heterocycles. The van der Waals surface area contributed by atoms with Crippen LogP contribution < -0.4 is 10.2 Å². The van der Waals surface area contributed by atoms with Crippen molar-refractivity contribution in [3.05, 3.63) is 29.6 Å². The number of halogens is 1. The first-order valence-electron chi connectivity index (χ1n) is 6.27. The molecule has 2 atom stereocenters. The number of hydrogen-bond donors (Lipinski definition) is 2. The quantitative estimate of drug-likeness (QED) is 0.854. The summed E-state index contributed by atoms with van der Waals surface area (Å²) in [6.45, 7) is 3.90. The summed E-state index contributed by atoms with van der Waals surface area (Å²) in [5.74, 6) is -0.623. The van der Waals surface area contributed by atoms with Gasteiger partial charge in [0.2, 0.25) is 5.91 Å². The number of carbonyl (C=O) groups is 1. The van der Waals surface area contributed by atoms with E-state index in [9.17, 15) is 14.3 Å². The van der Waals surface area contributed by atoms with Crippen LogP contribution in [-0.4, -0.2) is 31.7 Å². The SMILES string of the molecule is CNC(=O)C(C)CN(C)c1ccc(F)cc1C(C)O. The molecule has 0 bridgehead atoms. The molecule has 0 saturated carbocycles. The third-order valence-corrected chi connectivity index (χ3v) is 3.09. The van der Waals surface area contributed by atoms with Crippen molar-refractivity contribution in [2.24, 2.45) is 5.92 Å². The molecule has 2 unspecified atom stereocenters. The van der Waals surface area contributed by atoms with Gasteiger partial charge in [-0.1, -0.05) is 6.92 Å². The van der Waals surface area contributed by atoms with E-state index in [1.54, 1.807) is 20.0 Å². The van der Waals surface area contributed by atoms with Gasteiger partial charge < -0.3 is 15.3 Å². The summed E-state index contributed by atoms with van der Waals surface area (Å²) in [5.41, 5.74) is 1.25. The van der Waals surface area contributed by atoms with Crippen molar-refractivity contribution in [3.8, 4) is 0 Å². The first kappa shape index (κ1) is 15.4. The second-order valence-corrected chi connectivity index (χ2v) is 4.77. The molecule has 0 aromatic heterocycles. The van der Waals surface area contributed by atoms with Crippen LogP contribution in [0.2, 0.25) is 0 Å². The molecule has 106 valence electrons. The lowest BCUT2D eigenvalue weighted by molar-refractivity contribution is -0.123. The fourth-order valence-corrected chi connectivity index (χ4v) is 2.05. The molecule has 2 N–H and O–H groups in total. The van der Waals surface area contributed by atoms with E-state index >= 15 is 0 Å². The highest BCUT2D eigenvalue weighted by Crippen LogP contribution is 2.27. The Labute approximate surface area is 113 Å². The summed E-state index contributed by atoms with van der Waals surface area (Å²) in [5, 5.41) is 12.3. The Hall–Kier alpha value is -1.62. The molecule has 1 rings (SSSR count). The lowest BCUT2D eigenvalue weighted by Gasteiger charge is -2.26. The van der Waals surface area contributed by atoms with Gasteiger partial charge in [0.1, 0.15) is 5.82 Å². The monoisotopic (exact) mass is 268 g/mol. The van der Waals surface area contributed by atoms with Crippen LogP contribution in [0.1, 0.15) is 25.5 Å². The van der Waals surface area contributed by atoms with Crippen LogP contribution in [0.3, 0.4) is 0 Å². The fourth-order valence-electron chi connectivity index (χ4n) is 2.05. The zero-order chi connectivity index (χ0) is 14.6. The maximum absolute atomic E-state index is 13.2. The van der Waals surface area contributed by atoms with Crippen LogP contribution in [0.5, 0.6) is 0 Å². The Morgan fingerprint density at radius 1 is 1.47 bits per heavy atom. The van der Waals surface area contributed by atoms with Crippen LogP contribution in [0.25, 0.3) is 0 Å². The topological polar surface area (TPSA) is 52.6 Å². The highest BCUT2D eigenvalue weighted by atomic mass is 19.1. The predicted molar refractivity (Wildman–Crippen MR) is 73.5 cm³/mol. The Kier molecular flexibility index (Phi) is 5.30. The lowest BCUT2D eigenvalue weighted by Crippen LogP contribution is -2.34. The smallest absolute Gasteiger partial charge is 0.224 e. The van der Waals surface area contributed by atoms with Gasteiger partial charge >= 0.3 is 0 Å². The van der Waals surface area contributed by atoms with Crippen molar-refractivity contribution in [1.82, 2.24) is 5.32 Å². The van der Waals surface area contributed by atoms with Crippen LogP contribution in [0.15, 0.2) is 18.2 Å². The number of nitrogens with one attached hydrogen (secondary N) is 1. The maximum Gasteiger partial charge on any atom is 0.224 e. The predicted octanol–water partition coefficient (Wildman–Crippen LogP) is 1.70. The number of benzene rings is 1. The third kappa shape index (κ3) is 3.92. The molecular weight excluding hydrogens is 247 g/mol. The molecule has 1 aromatic rings. The van der Waals surface area contributed by atoms with Gasteiger partial charge in [-0.3, -0.25) is 4.79 Å². The summed E-state index contributed by atoms with van der Waals surface area (Å²) < 4.78 is 13.2.